The van der Waals surface area contributed by atoms with E-state index in [1.165, 1.54) is 0 Å². The van der Waals surface area contributed by atoms with Crippen molar-refractivity contribution in [2.75, 3.05) is 6.54 Å². The molecular weight excluding hydrogens is 245 g/mol. The fourth-order valence-corrected chi connectivity index (χ4v) is 1.16. The molecule has 0 saturated heterocycles. The summed E-state index contributed by atoms with van der Waals surface area (Å²) < 4.78 is 67.1. The smallest absolute Gasteiger partial charge is 0.425 e. The number of ether oxygens (including phenoxy) is 1. The third-order valence-electron chi connectivity index (χ3n) is 1.96. The van der Waals surface area contributed by atoms with E-state index in [9.17, 15) is 22.0 Å². The first-order valence-electron chi connectivity index (χ1n) is 4.73. The molecule has 0 radical (unpaired) electrons. The molecule has 0 aromatic heterocycles. The van der Waals surface area contributed by atoms with Crippen molar-refractivity contribution in [3.05, 3.63) is 29.8 Å². The van der Waals surface area contributed by atoms with E-state index in [-0.39, 0.29) is 12.3 Å². The van der Waals surface area contributed by atoms with Crippen LogP contribution in [0.3, 0.4) is 0 Å². The van der Waals surface area contributed by atoms with Crippen LogP contribution in [0, 0.1) is 11.6 Å². The van der Waals surface area contributed by atoms with Crippen LogP contribution in [-0.4, -0.2) is 18.8 Å². The van der Waals surface area contributed by atoms with E-state index in [0.717, 1.165) is 6.07 Å². The lowest BCUT2D eigenvalue weighted by atomic mass is 10.2. The van der Waals surface area contributed by atoms with Gasteiger partial charge in [0.05, 0.1) is 0 Å². The molecule has 96 valence electrons. The second kappa shape index (κ2) is 5.31. The minimum absolute atomic E-state index is 0.228. The van der Waals surface area contributed by atoms with Gasteiger partial charge in [-0.05, 0) is 18.7 Å². The first-order valence-corrected chi connectivity index (χ1v) is 4.73. The Balaban J connectivity index is 2.82. The number of halogens is 5. The van der Waals surface area contributed by atoms with Gasteiger partial charge >= 0.3 is 6.18 Å². The number of nitrogens with two attached hydrogens (primary N) is 1. The molecule has 0 amide bonds. The highest BCUT2D eigenvalue weighted by molar-refractivity contribution is 5.24. The van der Waals surface area contributed by atoms with E-state index < -0.39 is 30.3 Å². The van der Waals surface area contributed by atoms with E-state index in [1.54, 1.807) is 0 Å². The molecule has 0 aliphatic rings. The van der Waals surface area contributed by atoms with Crippen LogP contribution in [0.5, 0.6) is 5.75 Å². The molecule has 1 aromatic carbocycles. The maximum Gasteiger partial charge on any atom is 0.425 e. The van der Waals surface area contributed by atoms with Gasteiger partial charge in [-0.1, -0.05) is 0 Å². The van der Waals surface area contributed by atoms with Gasteiger partial charge < -0.3 is 10.5 Å². The maximum absolute atomic E-state index is 12.8. The van der Waals surface area contributed by atoms with E-state index in [1.807, 2.05) is 0 Å². The van der Waals surface area contributed by atoms with Gasteiger partial charge in [0.2, 0.25) is 0 Å². The summed E-state index contributed by atoms with van der Waals surface area (Å²) in [7, 11) is 0. The zero-order valence-corrected chi connectivity index (χ0v) is 8.60. The molecule has 0 heterocycles. The molecule has 7 heteroatoms. The van der Waals surface area contributed by atoms with Crippen LogP contribution in [0.25, 0.3) is 0 Å². The molecule has 0 saturated carbocycles. The predicted octanol–water partition coefficient (Wildman–Crippen LogP) is 2.62. The highest BCUT2D eigenvalue weighted by Gasteiger charge is 2.41. The second-order valence-corrected chi connectivity index (χ2v) is 3.30. The number of rotatable bonds is 4. The Morgan fingerprint density at radius 2 is 1.82 bits per heavy atom. The van der Waals surface area contributed by atoms with Gasteiger partial charge in [0.25, 0.3) is 0 Å². The van der Waals surface area contributed by atoms with Crippen LogP contribution < -0.4 is 10.5 Å². The summed E-state index contributed by atoms with van der Waals surface area (Å²) in [5.41, 5.74) is 5.02. The number of hydrogen-bond donors (Lipinski definition) is 1. The van der Waals surface area contributed by atoms with Crippen LogP contribution in [-0.2, 0) is 0 Å². The van der Waals surface area contributed by atoms with Gasteiger partial charge in [-0.3, -0.25) is 0 Å². The normalized spacial score (nSPS) is 13.5. The average Bonchev–Trinajstić information content (AvgIpc) is 2.21. The Kier molecular flexibility index (Phi) is 4.28. The standard InChI is InChI=1S/C10H10F5NO/c11-7-2-1-6(5-8(7)12)17-9(3-4-16)10(13,14)15/h1-2,5,9H,3-4,16H2. The third kappa shape index (κ3) is 3.85. The zero-order valence-electron chi connectivity index (χ0n) is 8.60. The van der Waals surface area contributed by atoms with Crippen molar-refractivity contribution in [1.82, 2.24) is 0 Å². The van der Waals surface area contributed by atoms with Crippen molar-refractivity contribution >= 4 is 0 Å². The highest BCUT2D eigenvalue weighted by Crippen LogP contribution is 2.27. The molecule has 0 bridgehead atoms. The van der Waals surface area contributed by atoms with Crippen molar-refractivity contribution in [3.63, 3.8) is 0 Å². The summed E-state index contributed by atoms with van der Waals surface area (Å²) in [6.07, 6.45) is -7.19. The average molecular weight is 255 g/mol. The summed E-state index contributed by atoms with van der Waals surface area (Å²) in [6.45, 7) is -0.228. The molecular formula is C10H10F5NO. The molecule has 1 rings (SSSR count). The Morgan fingerprint density at radius 3 is 2.29 bits per heavy atom. The lowest BCUT2D eigenvalue weighted by Crippen LogP contribution is -2.36. The summed E-state index contributed by atoms with van der Waals surface area (Å²) in [5, 5.41) is 0. The molecule has 1 unspecified atom stereocenters. The lowest BCUT2D eigenvalue weighted by molar-refractivity contribution is -0.196. The summed E-state index contributed by atoms with van der Waals surface area (Å²) in [6, 6.07) is 2.18. The molecule has 0 aliphatic carbocycles. The molecule has 0 aliphatic heterocycles. The van der Waals surface area contributed by atoms with Gasteiger partial charge in [0.15, 0.2) is 17.7 Å². The Morgan fingerprint density at radius 1 is 1.18 bits per heavy atom. The minimum atomic E-state index is -4.61. The van der Waals surface area contributed by atoms with Crippen molar-refractivity contribution in [1.29, 1.82) is 0 Å². The minimum Gasteiger partial charge on any atom is -0.481 e. The molecule has 17 heavy (non-hydrogen) atoms. The van der Waals surface area contributed by atoms with E-state index in [2.05, 4.69) is 4.74 Å². The lowest BCUT2D eigenvalue weighted by Gasteiger charge is -2.21. The van der Waals surface area contributed by atoms with Crippen LogP contribution in [0.2, 0.25) is 0 Å². The largest absolute Gasteiger partial charge is 0.481 e. The zero-order chi connectivity index (χ0) is 13.1. The molecule has 1 atom stereocenters. The molecule has 0 spiro atoms. The van der Waals surface area contributed by atoms with Gasteiger partial charge in [-0.25, -0.2) is 8.78 Å². The fraction of sp³-hybridized carbons (Fsp3) is 0.400. The van der Waals surface area contributed by atoms with Crippen molar-refractivity contribution in [2.24, 2.45) is 5.73 Å². The first kappa shape index (κ1) is 13.7. The number of hydrogen-bond acceptors (Lipinski definition) is 2. The summed E-state index contributed by atoms with van der Waals surface area (Å²) in [5.74, 6) is -2.81. The van der Waals surface area contributed by atoms with E-state index >= 15 is 0 Å². The molecule has 2 N–H and O–H groups in total. The van der Waals surface area contributed by atoms with Crippen LogP contribution in [0.4, 0.5) is 22.0 Å². The fourth-order valence-electron chi connectivity index (χ4n) is 1.16. The monoisotopic (exact) mass is 255 g/mol. The molecule has 0 fully saturated rings. The summed E-state index contributed by atoms with van der Waals surface area (Å²) >= 11 is 0. The van der Waals surface area contributed by atoms with E-state index in [0.29, 0.717) is 12.1 Å². The van der Waals surface area contributed by atoms with Crippen LogP contribution >= 0.6 is 0 Å². The van der Waals surface area contributed by atoms with Crippen molar-refractivity contribution in [3.8, 4) is 5.75 Å². The molecule has 1 aromatic rings. The van der Waals surface area contributed by atoms with Crippen LogP contribution in [0.15, 0.2) is 18.2 Å². The van der Waals surface area contributed by atoms with E-state index in [4.69, 9.17) is 5.73 Å². The van der Waals surface area contributed by atoms with Crippen molar-refractivity contribution in [2.45, 2.75) is 18.7 Å². The highest BCUT2D eigenvalue weighted by atomic mass is 19.4. The van der Waals surface area contributed by atoms with Crippen LogP contribution in [0.1, 0.15) is 6.42 Å². The second-order valence-electron chi connectivity index (χ2n) is 3.30. The SMILES string of the molecule is NCCC(Oc1ccc(F)c(F)c1)C(F)(F)F. The quantitative estimate of drug-likeness (QED) is 0.839. The Bertz CT molecular complexity index is 379. The predicted molar refractivity (Wildman–Crippen MR) is 50.5 cm³/mol. The summed E-state index contributed by atoms with van der Waals surface area (Å²) in [4.78, 5) is 0. The van der Waals surface area contributed by atoms with Crippen molar-refractivity contribution < 1.29 is 26.7 Å². The Labute approximate surface area is 94.2 Å². The number of alkyl halides is 3. The van der Waals surface area contributed by atoms with Gasteiger partial charge in [-0.2, -0.15) is 13.2 Å². The number of benzene rings is 1. The topological polar surface area (TPSA) is 35.2 Å². The Hall–Kier alpha value is -1.37. The van der Waals surface area contributed by atoms with Gasteiger partial charge in [0.1, 0.15) is 5.75 Å². The first-order chi connectivity index (χ1) is 7.84. The van der Waals surface area contributed by atoms with Gasteiger partial charge in [-0.15, -0.1) is 0 Å². The maximum atomic E-state index is 12.8. The third-order valence-corrected chi connectivity index (χ3v) is 1.96. The van der Waals surface area contributed by atoms with Gasteiger partial charge in [0, 0.05) is 12.5 Å². The molecule has 2 nitrogen and oxygen atoms in total.